The van der Waals surface area contributed by atoms with Crippen LogP contribution in [0.5, 0.6) is 0 Å². The van der Waals surface area contributed by atoms with E-state index in [0.717, 1.165) is 49.9 Å². The number of aromatic nitrogens is 4. The summed E-state index contributed by atoms with van der Waals surface area (Å²) in [6.07, 6.45) is 11.7. The number of carbonyl (C=O) groups is 1. The first-order valence-corrected chi connectivity index (χ1v) is 20.2. The number of carboxylic acid groups (broad SMARTS) is 1. The number of rotatable bonds is 9. The van der Waals surface area contributed by atoms with E-state index in [1.165, 1.54) is 5.57 Å². The lowest BCUT2D eigenvalue weighted by Gasteiger charge is -2.71. The molecule has 2 aromatic rings. The molecule has 10 nitrogen and oxygen atoms in total. The average Bonchev–Trinajstić information content (AvgIpc) is 3.60. The van der Waals surface area contributed by atoms with Gasteiger partial charge in [0.15, 0.2) is 5.82 Å². The summed E-state index contributed by atoms with van der Waals surface area (Å²) in [4.78, 5) is 21.6. The number of ether oxygens (including phenoxy) is 3. The summed E-state index contributed by atoms with van der Waals surface area (Å²) in [7, 11) is 0. The van der Waals surface area contributed by atoms with Crippen LogP contribution in [0.25, 0.3) is 11.4 Å². The second-order valence-corrected chi connectivity index (χ2v) is 19.8. The lowest BCUT2D eigenvalue weighted by Crippen LogP contribution is -2.70. The summed E-state index contributed by atoms with van der Waals surface area (Å²) in [5, 5.41) is 15.2. The smallest absolute Gasteiger partial charge is 0.450 e. The maximum Gasteiger partial charge on any atom is 0.506 e. The molecule has 1 saturated heterocycles. The van der Waals surface area contributed by atoms with Crippen LogP contribution in [0.1, 0.15) is 114 Å². The van der Waals surface area contributed by atoms with Crippen LogP contribution in [0.3, 0.4) is 0 Å². The van der Waals surface area contributed by atoms with Gasteiger partial charge < -0.3 is 25.1 Å². The normalized spacial score (nSPS) is 41.1. The zero-order valence-electron chi connectivity index (χ0n) is 33.9. The maximum absolute atomic E-state index is 12.5. The highest BCUT2D eigenvalue weighted by molar-refractivity contribution is 5.57. The van der Waals surface area contributed by atoms with E-state index in [-0.39, 0.29) is 51.1 Å². The van der Waals surface area contributed by atoms with E-state index in [1.807, 2.05) is 12.1 Å². The first-order chi connectivity index (χ1) is 24.9. The molecule has 3 saturated carbocycles. The predicted octanol–water partition coefficient (Wildman–Crippen LogP) is 8.59. The van der Waals surface area contributed by atoms with Crippen LogP contribution in [-0.4, -0.2) is 68.6 Å². The lowest BCUT2D eigenvalue weighted by atomic mass is 9.35. The number of nitrogens with zero attached hydrogens (tertiary/aromatic N) is 4. The molecule has 5 aliphatic rings. The molecule has 292 valence electrons. The largest absolute Gasteiger partial charge is 0.506 e. The number of hydrogen-bond donors (Lipinski definition) is 2. The molecular weight excluding hydrogens is 667 g/mol. The minimum absolute atomic E-state index is 0.112. The zero-order chi connectivity index (χ0) is 38.4. The van der Waals surface area contributed by atoms with Crippen LogP contribution in [0.4, 0.5) is 4.79 Å². The molecule has 0 spiro atoms. The summed E-state index contributed by atoms with van der Waals surface area (Å²) in [6.45, 7) is 24.4. The second-order valence-electron chi connectivity index (χ2n) is 19.8. The molecule has 3 heterocycles. The van der Waals surface area contributed by atoms with Crippen molar-refractivity contribution in [1.82, 2.24) is 19.7 Å². The van der Waals surface area contributed by atoms with Crippen molar-refractivity contribution >= 4 is 6.16 Å². The molecule has 10 heteroatoms. The Kier molecular flexibility index (Phi) is 9.54. The molecule has 1 aliphatic heterocycles. The van der Waals surface area contributed by atoms with E-state index in [9.17, 15) is 9.90 Å². The molecule has 2 bridgehead atoms. The fourth-order valence-electron chi connectivity index (χ4n) is 12.5. The van der Waals surface area contributed by atoms with Gasteiger partial charge >= 0.3 is 6.16 Å². The summed E-state index contributed by atoms with van der Waals surface area (Å²) < 4.78 is 22.2. The van der Waals surface area contributed by atoms with Crippen molar-refractivity contribution in [1.29, 1.82) is 0 Å². The van der Waals surface area contributed by atoms with E-state index in [2.05, 4.69) is 85.0 Å². The number of fused-ring (bicyclic) bond motifs is 3. The van der Waals surface area contributed by atoms with Gasteiger partial charge in [-0.3, -0.25) is 4.98 Å². The minimum Gasteiger partial charge on any atom is -0.450 e. The summed E-state index contributed by atoms with van der Waals surface area (Å²) in [5.74, 6) is 2.40. The Morgan fingerprint density at radius 1 is 1.08 bits per heavy atom. The molecule has 0 amide bonds. The number of hydrogen-bond acceptors (Lipinski definition) is 8. The van der Waals surface area contributed by atoms with Gasteiger partial charge in [-0.1, -0.05) is 74.0 Å². The van der Waals surface area contributed by atoms with Gasteiger partial charge in [0.2, 0.25) is 0 Å². The van der Waals surface area contributed by atoms with Crippen molar-refractivity contribution in [3.05, 3.63) is 42.5 Å². The fourth-order valence-corrected chi connectivity index (χ4v) is 12.5. The topological polar surface area (TPSA) is 135 Å². The summed E-state index contributed by atoms with van der Waals surface area (Å²) in [5.41, 5.74) is 7.54. The van der Waals surface area contributed by atoms with Gasteiger partial charge in [-0.05, 0) is 92.6 Å². The molecule has 2 aromatic heterocycles. The monoisotopic (exact) mass is 731 g/mol. The van der Waals surface area contributed by atoms with E-state index in [4.69, 9.17) is 30.0 Å². The average molecular weight is 732 g/mol. The highest BCUT2D eigenvalue weighted by atomic mass is 16.7. The van der Waals surface area contributed by atoms with Crippen molar-refractivity contribution in [2.45, 2.75) is 132 Å². The van der Waals surface area contributed by atoms with Crippen LogP contribution in [-0.2, 0) is 14.2 Å². The molecule has 0 radical (unpaired) electrons. The molecule has 7 rings (SSSR count). The van der Waals surface area contributed by atoms with Gasteiger partial charge in [0.1, 0.15) is 12.4 Å². The van der Waals surface area contributed by atoms with Crippen molar-refractivity contribution in [2.75, 3.05) is 19.8 Å². The maximum atomic E-state index is 12.5. The van der Waals surface area contributed by atoms with Crippen LogP contribution in [0.2, 0.25) is 0 Å². The predicted molar refractivity (Wildman–Crippen MR) is 205 cm³/mol. The third-order valence-corrected chi connectivity index (χ3v) is 16.7. The van der Waals surface area contributed by atoms with Gasteiger partial charge in [0.05, 0.1) is 32.0 Å². The van der Waals surface area contributed by atoms with Gasteiger partial charge in [-0.15, -0.1) is 0 Å². The van der Waals surface area contributed by atoms with Crippen molar-refractivity contribution in [3.63, 3.8) is 0 Å². The Hall–Kier alpha value is -2.82. The van der Waals surface area contributed by atoms with Gasteiger partial charge in [-0.2, -0.15) is 5.10 Å². The van der Waals surface area contributed by atoms with Crippen LogP contribution in [0, 0.1) is 56.7 Å². The van der Waals surface area contributed by atoms with Crippen molar-refractivity contribution in [2.24, 2.45) is 62.4 Å². The van der Waals surface area contributed by atoms with E-state index < -0.39 is 17.8 Å². The van der Waals surface area contributed by atoms with Gasteiger partial charge in [0.25, 0.3) is 0 Å². The lowest BCUT2D eigenvalue weighted by molar-refractivity contribution is -0.256. The Morgan fingerprint density at radius 3 is 2.45 bits per heavy atom. The number of pyridine rings is 1. The van der Waals surface area contributed by atoms with Crippen LogP contribution in [0.15, 0.2) is 42.5 Å². The zero-order valence-corrected chi connectivity index (χ0v) is 33.9. The molecule has 4 aliphatic carbocycles. The molecule has 0 unspecified atom stereocenters. The third kappa shape index (κ3) is 5.65. The van der Waals surface area contributed by atoms with Crippen molar-refractivity contribution < 1.29 is 24.1 Å². The van der Waals surface area contributed by atoms with Gasteiger partial charge in [0, 0.05) is 45.2 Å². The third-order valence-electron chi connectivity index (χ3n) is 16.7. The van der Waals surface area contributed by atoms with E-state index in [1.54, 1.807) is 18.7 Å². The second kappa shape index (κ2) is 13.1. The molecule has 12 atom stereocenters. The highest BCUT2D eigenvalue weighted by Crippen LogP contribution is 2.74. The molecule has 3 N–H and O–H groups in total. The Bertz CT molecular complexity index is 1710. The van der Waals surface area contributed by atoms with Crippen molar-refractivity contribution in [3.8, 4) is 11.4 Å². The van der Waals surface area contributed by atoms with Crippen LogP contribution >= 0.6 is 0 Å². The fraction of sp³-hybridized carbons (Fsp3) is 0.767. The molecule has 0 aromatic carbocycles. The molecular formula is C43H65N5O5. The van der Waals surface area contributed by atoms with Gasteiger partial charge in [-0.25, -0.2) is 14.5 Å². The highest BCUT2D eigenvalue weighted by Gasteiger charge is 2.72. The number of allylic oxidation sites excluding steroid dienone is 1. The van der Waals surface area contributed by atoms with Crippen LogP contribution < -0.4 is 5.73 Å². The van der Waals surface area contributed by atoms with E-state index >= 15 is 0 Å². The summed E-state index contributed by atoms with van der Waals surface area (Å²) >= 11 is 0. The SMILES string of the molecule is CC(C)[C@@H](C)[C@@]1(C)CC[C@]2(C)[C@H]3CC[C@@H]4[C@@]5(COC[C@@]4(C)[C@@H](OC[C@@](C)(N)C(C)C)[C@H](n4ncnc4-c4ccncc4)C5)C3=CC[C@]2(C)[C@@H]1OC(=O)O. The first kappa shape index (κ1) is 38.5. The standard InChI is InChI=1S/C43H65N5O5/c1-26(2)28(5)38(6)17-18-40(8)30-11-12-33-39(7)22-51-24-43(33,31(30)13-16-41(40,9)36(38)53-37(49)50)21-32(34(39)52-23-42(10,44)27(3)4)48-35(46-25-47-48)29-14-19-45-20-15-29/h13-15,19-20,25-28,30,32-34,36H,11-12,16-18,21-24,44H2,1-10H3,(H,49,50)/t28-,30+,32-,33+,34+,36-,38-,39-,40-,41-,42-,43+/m1/s1. The first-order valence-electron chi connectivity index (χ1n) is 20.2. The van der Waals surface area contributed by atoms with E-state index in [0.29, 0.717) is 37.6 Å². The minimum atomic E-state index is -1.17. The quantitative estimate of drug-likeness (QED) is 0.192. The molecule has 53 heavy (non-hydrogen) atoms. The Balaban J connectivity index is 1.35. The summed E-state index contributed by atoms with van der Waals surface area (Å²) in [6, 6.07) is 3.88. The Labute approximate surface area is 317 Å². The Morgan fingerprint density at radius 2 is 1.79 bits per heavy atom. The molecule has 4 fully saturated rings. The number of nitrogens with two attached hydrogens (primary N) is 1.